The van der Waals surface area contributed by atoms with Gasteiger partial charge in [-0.3, -0.25) is 9.59 Å². The number of carbonyl (C=O) groups is 2. The molecule has 5 heteroatoms. The lowest BCUT2D eigenvalue weighted by molar-refractivity contribution is -0.134. The summed E-state index contributed by atoms with van der Waals surface area (Å²) < 4.78 is 11.0. The van der Waals surface area contributed by atoms with Crippen LogP contribution in [0.25, 0.3) is 0 Å². The van der Waals surface area contributed by atoms with Crippen LogP contribution in [0.2, 0.25) is 0 Å². The Morgan fingerprint density at radius 2 is 1.92 bits per heavy atom. The van der Waals surface area contributed by atoms with Crippen molar-refractivity contribution in [1.29, 1.82) is 0 Å². The van der Waals surface area contributed by atoms with Crippen molar-refractivity contribution in [3.8, 4) is 11.5 Å². The quantitative estimate of drug-likeness (QED) is 0.430. The van der Waals surface area contributed by atoms with Crippen LogP contribution in [0.3, 0.4) is 0 Å². The van der Waals surface area contributed by atoms with Gasteiger partial charge in [0.25, 0.3) is 0 Å². The van der Waals surface area contributed by atoms with Crippen LogP contribution in [-0.4, -0.2) is 25.0 Å². The molecule has 0 aromatic heterocycles. The first-order chi connectivity index (χ1) is 12.6. The molecule has 1 fully saturated rings. The van der Waals surface area contributed by atoms with Gasteiger partial charge in [0, 0.05) is 25.1 Å². The number of ether oxygens (including phenoxy) is 2. The Morgan fingerprint density at radius 3 is 2.62 bits per heavy atom. The fraction of sp³-hybridized carbons (Fsp3) is 0.333. The van der Waals surface area contributed by atoms with E-state index in [1.165, 1.54) is 0 Å². The number of amides is 1. The molecule has 136 valence electrons. The lowest BCUT2D eigenvalue weighted by atomic mass is 10.2. The number of rotatable bonds is 7. The Labute approximate surface area is 153 Å². The topological polar surface area (TPSA) is 55.8 Å². The molecule has 1 aliphatic rings. The van der Waals surface area contributed by atoms with Crippen LogP contribution in [-0.2, 0) is 9.59 Å². The summed E-state index contributed by atoms with van der Waals surface area (Å²) in [5.74, 6) is 1.15. The molecule has 1 aliphatic heterocycles. The second-order valence-electron chi connectivity index (χ2n) is 6.39. The van der Waals surface area contributed by atoms with Gasteiger partial charge in [-0.2, -0.15) is 0 Å². The van der Waals surface area contributed by atoms with Gasteiger partial charge in [0.1, 0.15) is 11.5 Å². The first kappa shape index (κ1) is 18.0. The van der Waals surface area contributed by atoms with E-state index in [1.54, 1.807) is 17.0 Å². The van der Waals surface area contributed by atoms with Crippen molar-refractivity contribution >= 4 is 17.6 Å². The minimum Gasteiger partial charge on any atom is -0.494 e. The molecule has 2 aromatic carbocycles. The van der Waals surface area contributed by atoms with Crippen LogP contribution < -0.4 is 14.4 Å². The number of benzene rings is 2. The Kier molecular flexibility index (Phi) is 5.89. The predicted molar refractivity (Wildman–Crippen MR) is 99.6 cm³/mol. The van der Waals surface area contributed by atoms with Crippen LogP contribution in [0.4, 0.5) is 5.69 Å². The molecule has 1 saturated heterocycles. The number of aryl methyl sites for hydroxylation is 1. The van der Waals surface area contributed by atoms with Gasteiger partial charge >= 0.3 is 5.97 Å². The molecule has 0 aliphatic carbocycles. The monoisotopic (exact) mass is 353 g/mol. The van der Waals surface area contributed by atoms with Gasteiger partial charge in [-0.1, -0.05) is 12.1 Å². The maximum absolute atomic E-state index is 11.9. The summed E-state index contributed by atoms with van der Waals surface area (Å²) in [6.07, 6.45) is 2.37. The number of esters is 1. The minimum absolute atomic E-state index is 0.142. The van der Waals surface area contributed by atoms with Crippen LogP contribution in [0.15, 0.2) is 48.5 Å². The second-order valence-corrected chi connectivity index (χ2v) is 6.39. The summed E-state index contributed by atoms with van der Waals surface area (Å²) in [6.45, 7) is 3.22. The first-order valence-corrected chi connectivity index (χ1v) is 8.92. The van der Waals surface area contributed by atoms with Gasteiger partial charge in [-0.05, 0) is 61.7 Å². The van der Waals surface area contributed by atoms with E-state index in [-0.39, 0.29) is 18.3 Å². The van der Waals surface area contributed by atoms with E-state index < -0.39 is 0 Å². The molecule has 1 amide bonds. The number of hydrogen-bond acceptors (Lipinski definition) is 4. The number of carbonyl (C=O) groups excluding carboxylic acids is 2. The zero-order valence-corrected chi connectivity index (χ0v) is 14.9. The molecule has 1 heterocycles. The number of anilines is 1. The largest absolute Gasteiger partial charge is 0.494 e. The summed E-state index contributed by atoms with van der Waals surface area (Å²) in [5.41, 5.74) is 1.99. The van der Waals surface area contributed by atoms with E-state index in [0.29, 0.717) is 25.2 Å². The Morgan fingerprint density at radius 1 is 1.12 bits per heavy atom. The Bertz CT molecular complexity index is 770. The molecule has 0 bridgehead atoms. The first-order valence-electron chi connectivity index (χ1n) is 8.92. The Balaban J connectivity index is 1.41. The zero-order chi connectivity index (χ0) is 18.4. The van der Waals surface area contributed by atoms with Gasteiger partial charge in [0.2, 0.25) is 5.91 Å². The van der Waals surface area contributed by atoms with Crippen molar-refractivity contribution in [1.82, 2.24) is 0 Å². The van der Waals surface area contributed by atoms with Crippen molar-refractivity contribution in [2.45, 2.75) is 32.6 Å². The normalized spacial score (nSPS) is 13.7. The molecule has 2 aromatic rings. The number of nitrogens with zero attached hydrogens (tertiary/aromatic N) is 1. The van der Waals surface area contributed by atoms with E-state index >= 15 is 0 Å². The van der Waals surface area contributed by atoms with Gasteiger partial charge in [0.05, 0.1) is 6.61 Å². The molecule has 5 nitrogen and oxygen atoms in total. The van der Waals surface area contributed by atoms with Crippen molar-refractivity contribution < 1.29 is 19.1 Å². The fourth-order valence-corrected chi connectivity index (χ4v) is 2.91. The maximum Gasteiger partial charge on any atom is 0.311 e. The van der Waals surface area contributed by atoms with Gasteiger partial charge in [0.15, 0.2) is 0 Å². The highest BCUT2D eigenvalue weighted by molar-refractivity contribution is 5.95. The molecule has 0 spiro atoms. The summed E-state index contributed by atoms with van der Waals surface area (Å²) >= 11 is 0. The molecule has 3 rings (SSSR count). The van der Waals surface area contributed by atoms with Crippen molar-refractivity contribution in [3.63, 3.8) is 0 Å². The summed E-state index contributed by atoms with van der Waals surface area (Å²) in [6, 6.07) is 14.9. The summed E-state index contributed by atoms with van der Waals surface area (Å²) in [5, 5.41) is 0. The smallest absolute Gasteiger partial charge is 0.311 e. The molecule has 0 atom stereocenters. The van der Waals surface area contributed by atoms with Gasteiger partial charge < -0.3 is 14.4 Å². The van der Waals surface area contributed by atoms with E-state index in [9.17, 15) is 9.59 Å². The molecule has 0 radical (unpaired) electrons. The van der Waals surface area contributed by atoms with Gasteiger partial charge in [-0.25, -0.2) is 0 Å². The maximum atomic E-state index is 11.9. The third kappa shape index (κ3) is 4.85. The third-order valence-corrected chi connectivity index (χ3v) is 4.24. The highest BCUT2D eigenvalue weighted by Gasteiger charge is 2.21. The molecule has 0 saturated carbocycles. The predicted octanol–water partition coefficient (Wildman–Crippen LogP) is 3.89. The van der Waals surface area contributed by atoms with Crippen molar-refractivity contribution in [3.05, 3.63) is 54.1 Å². The van der Waals surface area contributed by atoms with Gasteiger partial charge in [-0.15, -0.1) is 0 Å². The highest BCUT2D eigenvalue weighted by Crippen LogP contribution is 2.24. The molecular weight excluding hydrogens is 330 g/mol. The van der Waals surface area contributed by atoms with Crippen LogP contribution in [0.5, 0.6) is 11.5 Å². The lowest BCUT2D eigenvalue weighted by Gasteiger charge is -2.15. The zero-order valence-electron chi connectivity index (χ0n) is 14.9. The van der Waals surface area contributed by atoms with Crippen molar-refractivity contribution in [2.24, 2.45) is 0 Å². The van der Waals surface area contributed by atoms with E-state index in [1.807, 2.05) is 43.3 Å². The average Bonchev–Trinajstić information content (AvgIpc) is 3.05. The van der Waals surface area contributed by atoms with Crippen LogP contribution in [0.1, 0.15) is 31.2 Å². The molecule has 0 unspecified atom stereocenters. The fourth-order valence-electron chi connectivity index (χ4n) is 2.91. The van der Waals surface area contributed by atoms with Crippen LogP contribution in [0, 0.1) is 6.92 Å². The highest BCUT2D eigenvalue weighted by atomic mass is 16.5. The van der Waals surface area contributed by atoms with E-state index in [0.717, 1.165) is 30.0 Å². The average molecular weight is 353 g/mol. The SMILES string of the molecule is Cc1cccc(OCCCC(=O)Oc2ccc(N3CCCC3=O)cc2)c1. The van der Waals surface area contributed by atoms with E-state index in [2.05, 4.69) is 0 Å². The minimum atomic E-state index is -0.289. The standard InChI is InChI=1S/C21H23NO4/c1-16-5-2-6-19(15-16)25-14-4-8-21(24)26-18-11-9-17(10-12-18)22-13-3-7-20(22)23/h2,5-6,9-12,15H,3-4,7-8,13-14H2,1H3. The lowest BCUT2D eigenvalue weighted by Crippen LogP contribution is -2.23. The van der Waals surface area contributed by atoms with Crippen molar-refractivity contribution in [2.75, 3.05) is 18.1 Å². The van der Waals surface area contributed by atoms with E-state index in [4.69, 9.17) is 9.47 Å². The second kappa shape index (κ2) is 8.52. The molecule has 26 heavy (non-hydrogen) atoms. The van der Waals surface area contributed by atoms with Crippen LogP contribution >= 0.6 is 0 Å². The Hall–Kier alpha value is -2.82. The summed E-state index contributed by atoms with van der Waals surface area (Å²) in [7, 11) is 0. The third-order valence-electron chi connectivity index (χ3n) is 4.24. The molecule has 0 N–H and O–H groups in total. The molecular formula is C21H23NO4. The number of hydrogen-bond donors (Lipinski definition) is 0. The summed E-state index contributed by atoms with van der Waals surface area (Å²) in [4.78, 5) is 25.4.